The summed E-state index contributed by atoms with van der Waals surface area (Å²) in [6.45, 7) is 4.65. The number of fused-ring (bicyclic) bond motifs is 2. The highest BCUT2D eigenvalue weighted by atomic mass is 16.3. The van der Waals surface area contributed by atoms with E-state index in [1.165, 1.54) is 18.9 Å². The highest BCUT2D eigenvalue weighted by Gasteiger charge is 2.49. The van der Waals surface area contributed by atoms with Crippen molar-refractivity contribution < 1.29 is 9.90 Å². The summed E-state index contributed by atoms with van der Waals surface area (Å²) in [5, 5.41) is 25.6. The number of likely N-dealkylation sites (N-methyl/N-ethyl adjacent to an activating group) is 1. The smallest absolute Gasteiger partial charge is 0.243 e. The second-order valence-electron chi connectivity index (χ2n) is 9.42. The molecule has 3 atom stereocenters. The monoisotopic (exact) mass is 421 g/mol. The van der Waals surface area contributed by atoms with Crippen LogP contribution < -0.4 is 15.5 Å². The van der Waals surface area contributed by atoms with Crippen molar-refractivity contribution in [3.63, 3.8) is 0 Å². The number of carbonyl (C=O) groups is 1. The first-order chi connectivity index (χ1) is 14.7. The predicted octanol–water partition coefficient (Wildman–Crippen LogP) is 3.11. The fourth-order valence-electron chi connectivity index (χ4n) is 5.07. The quantitative estimate of drug-likeness (QED) is 0.643. The Morgan fingerprint density at radius 1 is 1.19 bits per heavy atom. The van der Waals surface area contributed by atoms with Crippen LogP contribution in [0.4, 0.5) is 5.82 Å². The molecule has 0 spiro atoms. The molecular weight excluding hydrogens is 390 g/mol. The number of carbonyl (C=O) groups excluding carboxylic acids is 1. The van der Waals surface area contributed by atoms with Gasteiger partial charge < -0.3 is 20.6 Å². The summed E-state index contributed by atoms with van der Waals surface area (Å²) in [6.07, 6.45) is 7.69. The molecule has 2 saturated heterocycles. The van der Waals surface area contributed by atoms with Crippen molar-refractivity contribution in [3.05, 3.63) is 42.0 Å². The van der Waals surface area contributed by atoms with Gasteiger partial charge in [-0.3, -0.25) is 4.79 Å². The zero-order valence-corrected chi connectivity index (χ0v) is 18.6. The molecule has 1 aromatic carbocycles. The van der Waals surface area contributed by atoms with Crippen LogP contribution in [-0.2, 0) is 4.79 Å². The van der Waals surface area contributed by atoms with Gasteiger partial charge in [0.2, 0.25) is 5.91 Å². The number of nitrogens with zero attached hydrogens (tertiary/aromatic N) is 3. The summed E-state index contributed by atoms with van der Waals surface area (Å²) < 4.78 is 0. The molecule has 2 aliphatic rings. The molecule has 2 bridgehead atoms. The molecule has 7 nitrogen and oxygen atoms in total. The zero-order chi connectivity index (χ0) is 22.2. The number of rotatable bonds is 5. The van der Waals surface area contributed by atoms with E-state index in [2.05, 4.69) is 46.6 Å². The molecule has 1 amide bonds. The van der Waals surface area contributed by atoms with Gasteiger partial charge in [-0.1, -0.05) is 6.07 Å². The van der Waals surface area contributed by atoms with E-state index in [9.17, 15) is 9.90 Å². The maximum atomic E-state index is 11.3. The first-order valence-electron chi connectivity index (χ1n) is 10.8. The van der Waals surface area contributed by atoms with Gasteiger partial charge in [0.1, 0.15) is 5.75 Å². The van der Waals surface area contributed by atoms with Crippen LogP contribution in [0, 0.1) is 0 Å². The van der Waals surface area contributed by atoms with E-state index in [0.717, 1.165) is 24.2 Å². The van der Waals surface area contributed by atoms with Crippen LogP contribution in [0.1, 0.15) is 45.1 Å². The van der Waals surface area contributed by atoms with E-state index in [1.54, 1.807) is 25.3 Å². The van der Waals surface area contributed by atoms with Crippen molar-refractivity contribution in [2.45, 2.75) is 56.7 Å². The first kappa shape index (κ1) is 21.3. The minimum Gasteiger partial charge on any atom is -0.507 e. The number of benzene rings is 1. The minimum absolute atomic E-state index is 0.102. The lowest BCUT2D eigenvalue weighted by Crippen LogP contribution is -2.58. The Labute approximate surface area is 183 Å². The number of amides is 1. The third kappa shape index (κ3) is 4.42. The first-order valence-corrected chi connectivity index (χ1v) is 10.8. The maximum absolute atomic E-state index is 11.3. The number of phenols is 1. The largest absolute Gasteiger partial charge is 0.507 e. The molecule has 31 heavy (non-hydrogen) atoms. The predicted molar refractivity (Wildman–Crippen MR) is 123 cm³/mol. The number of hydrogen-bond acceptors (Lipinski definition) is 6. The number of hydrogen-bond donors (Lipinski definition) is 3. The number of nitrogens with one attached hydrogen (secondary N) is 2. The van der Waals surface area contributed by atoms with Gasteiger partial charge in [0.15, 0.2) is 5.82 Å². The fourth-order valence-corrected chi connectivity index (χ4v) is 5.07. The molecule has 0 aliphatic carbocycles. The van der Waals surface area contributed by atoms with Crippen LogP contribution in [0.2, 0.25) is 0 Å². The van der Waals surface area contributed by atoms with Gasteiger partial charge in [0.05, 0.1) is 5.69 Å². The van der Waals surface area contributed by atoms with E-state index in [1.807, 2.05) is 18.2 Å². The minimum atomic E-state index is -0.195. The van der Waals surface area contributed by atoms with E-state index < -0.39 is 0 Å². The standard InChI is InChI=1S/C24H31N5O2/c1-23-11-12-24(2,28-23)15-17(14-23)29(4)21-9-8-19(26-27-21)18-7-5-16(13-20(18)30)6-10-22(31)25-3/h5-10,13,17,28,30H,11-12,14-15H2,1-4H3,(H,25,31)/b10-6+/t17?,23-,24+. The zero-order valence-electron chi connectivity index (χ0n) is 18.6. The average Bonchev–Trinajstić information content (AvgIpc) is 2.98. The third-order valence-corrected chi connectivity index (χ3v) is 6.74. The molecule has 0 radical (unpaired) electrons. The Bertz CT molecular complexity index is 988. The van der Waals surface area contributed by atoms with Gasteiger partial charge >= 0.3 is 0 Å². The van der Waals surface area contributed by atoms with Gasteiger partial charge in [0, 0.05) is 42.9 Å². The Morgan fingerprint density at radius 3 is 2.48 bits per heavy atom. The van der Waals surface area contributed by atoms with Gasteiger partial charge in [0.25, 0.3) is 0 Å². The van der Waals surface area contributed by atoms with Gasteiger partial charge in [-0.05, 0) is 75.4 Å². The van der Waals surface area contributed by atoms with Crippen LogP contribution in [0.3, 0.4) is 0 Å². The third-order valence-electron chi connectivity index (χ3n) is 6.74. The molecule has 3 N–H and O–H groups in total. The summed E-state index contributed by atoms with van der Waals surface area (Å²) in [6, 6.07) is 9.52. The second-order valence-corrected chi connectivity index (χ2v) is 9.42. The van der Waals surface area contributed by atoms with Gasteiger partial charge in [-0.15, -0.1) is 10.2 Å². The van der Waals surface area contributed by atoms with Crippen LogP contribution in [0.25, 0.3) is 17.3 Å². The highest BCUT2D eigenvalue weighted by molar-refractivity contribution is 5.91. The Hall–Kier alpha value is -2.93. The summed E-state index contributed by atoms with van der Waals surface area (Å²) in [5.74, 6) is 0.746. The molecular formula is C24H31N5O2. The lowest BCUT2D eigenvalue weighted by atomic mass is 9.84. The van der Waals surface area contributed by atoms with Crippen LogP contribution >= 0.6 is 0 Å². The lowest BCUT2D eigenvalue weighted by molar-refractivity contribution is -0.115. The number of aromatic hydroxyl groups is 1. The number of piperidine rings is 1. The lowest BCUT2D eigenvalue weighted by Gasteiger charge is -2.45. The summed E-state index contributed by atoms with van der Waals surface area (Å²) in [4.78, 5) is 13.6. The summed E-state index contributed by atoms with van der Waals surface area (Å²) in [5.41, 5.74) is 2.34. The van der Waals surface area contributed by atoms with Crippen molar-refractivity contribution >= 4 is 17.8 Å². The molecule has 2 fully saturated rings. The van der Waals surface area contributed by atoms with Crippen molar-refractivity contribution in [3.8, 4) is 17.0 Å². The summed E-state index contributed by atoms with van der Waals surface area (Å²) in [7, 11) is 3.67. The molecule has 4 rings (SSSR count). The van der Waals surface area contributed by atoms with Gasteiger partial charge in [-0.25, -0.2) is 0 Å². The van der Waals surface area contributed by atoms with Crippen LogP contribution in [-0.4, -0.2) is 52.4 Å². The summed E-state index contributed by atoms with van der Waals surface area (Å²) >= 11 is 0. The maximum Gasteiger partial charge on any atom is 0.243 e. The molecule has 1 aromatic heterocycles. The molecule has 1 unspecified atom stereocenters. The molecule has 7 heteroatoms. The molecule has 3 heterocycles. The normalized spacial score (nSPS) is 27.4. The SMILES string of the molecule is CNC(=O)/C=C/c1ccc(-c2ccc(N(C)C3C[C@]4(C)CC[C@](C)(C3)N4)nn2)c(O)c1. The molecule has 164 valence electrons. The Kier molecular flexibility index (Phi) is 5.47. The van der Waals surface area contributed by atoms with Crippen molar-refractivity contribution in [1.29, 1.82) is 0 Å². The number of aromatic nitrogens is 2. The second kappa shape index (κ2) is 7.96. The van der Waals surface area contributed by atoms with E-state index in [0.29, 0.717) is 17.3 Å². The molecule has 0 saturated carbocycles. The number of phenolic OH excluding ortho intramolecular Hbond substituents is 1. The molecule has 2 aromatic rings. The van der Waals surface area contributed by atoms with Crippen LogP contribution in [0.15, 0.2) is 36.4 Å². The van der Waals surface area contributed by atoms with E-state index in [-0.39, 0.29) is 22.7 Å². The Morgan fingerprint density at radius 2 is 1.90 bits per heavy atom. The topological polar surface area (TPSA) is 90.4 Å². The Balaban J connectivity index is 1.49. The van der Waals surface area contributed by atoms with Crippen molar-refractivity contribution in [2.24, 2.45) is 0 Å². The molecule has 2 aliphatic heterocycles. The van der Waals surface area contributed by atoms with E-state index in [4.69, 9.17) is 0 Å². The van der Waals surface area contributed by atoms with E-state index >= 15 is 0 Å². The van der Waals surface area contributed by atoms with Crippen molar-refractivity contribution in [2.75, 3.05) is 19.0 Å². The van der Waals surface area contributed by atoms with Crippen LogP contribution in [0.5, 0.6) is 5.75 Å². The highest BCUT2D eigenvalue weighted by Crippen LogP contribution is 2.43. The van der Waals surface area contributed by atoms with Gasteiger partial charge in [-0.2, -0.15) is 0 Å². The fraction of sp³-hybridized carbons (Fsp3) is 0.458. The average molecular weight is 422 g/mol. The van der Waals surface area contributed by atoms with Crippen molar-refractivity contribution in [1.82, 2.24) is 20.8 Å². The number of anilines is 1.